The molecule has 1 atom stereocenters. The average molecular weight is 348 g/mol. The van der Waals surface area contributed by atoms with Gasteiger partial charge in [-0.3, -0.25) is 5.73 Å². The molecule has 2 aromatic heterocycles. The molecule has 0 fully saturated rings. The molecule has 4 rings (SSSR count). The number of aryl methyl sites for hydroxylation is 1. The predicted octanol–water partition coefficient (Wildman–Crippen LogP) is 3.19. The first-order valence-corrected chi connectivity index (χ1v) is 8.67. The van der Waals surface area contributed by atoms with Crippen LogP contribution in [0.15, 0.2) is 71.3 Å². The van der Waals surface area contributed by atoms with Gasteiger partial charge in [0.15, 0.2) is 0 Å². The van der Waals surface area contributed by atoms with Crippen molar-refractivity contribution < 1.29 is 14.1 Å². The van der Waals surface area contributed by atoms with Crippen LogP contribution in [0.3, 0.4) is 0 Å². The molecule has 3 N–H and O–H groups in total. The van der Waals surface area contributed by atoms with Crippen molar-refractivity contribution in [2.45, 2.75) is 26.1 Å². The lowest BCUT2D eigenvalue weighted by Crippen LogP contribution is -2.37. The van der Waals surface area contributed by atoms with Crippen LogP contribution in [0.2, 0.25) is 0 Å². The van der Waals surface area contributed by atoms with Gasteiger partial charge in [-0.05, 0) is 42.3 Å². The minimum absolute atomic E-state index is 0.334. The zero-order valence-electron chi connectivity index (χ0n) is 14.7. The van der Waals surface area contributed by atoms with Gasteiger partial charge in [0.05, 0.1) is 12.8 Å². The molecule has 4 aromatic rings. The zero-order chi connectivity index (χ0) is 18.1. The second-order valence-electron chi connectivity index (χ2n) is 6.50. The Bertz CT molecular complexity index is 1030. The molecule has 2 heterocycles. The molecule has 1 unspecified atom stereocenters. The molecule has 0 radical (unpaired) electrons. The number of fused-ring (bicyclic) bond motifs is 1. The highest BCUT2D eigenvalue weighted by atomic mass is 16.4. The average Bonchev–Trinajstić information content (AvgIpc) is 3.27. The molecule has 0 amide bonds. The smallest absolute Gasteiger partial charge is 0.356 e. The first kappa shape index (κ1) is 16.4. The van der Waals surface area contributed by atoms with E-state index in [1.165, 1.54) is 11.1 Å². The van der Waals surface area contributed by atoms with E-state index in [9.17, 15) is 5.11 Å². The summed E-state index contributed by atoms with van der Waals surface area (Å²) in [4.78, 5) is 0. The maximum absolute atomic E-state index is 10.5. The SMILES string of the molecule is Cc1ccccc1C[n+]1c(N)n(CC(O)c2ccco2)c2ccccc21. The number of furan rings is 1. The predicted molar refractivity (Wildman–Crippen MR) is 100 cm³/mol. The first-order chi connectivity index (χ1) is 12.6. The van der Waals surface area contributed by atoms with Gasteiger partial charge in [0.25, 0.3) is 0 Å². The van der Waals surface area contributed by atoms with Crippen LogP contribution in [0.1, 0.15) is 23.0 Å². The second-order valence-corrected chi connectivity index (χ2v) is 6.50. The van der Waals surface area contributed by atoms with E-state index in [1.54, 1.807) is 18.4 Å². The second kappa shape index (κ2) is 6.69. The normalized spacial score (nSPS) is 12.5. The van der Waals surface area contributed by atoms with E-state index < -0.39 is 6.10 Å². The Balaban J connectivity index is 1.77. The number of aliphatic hydroxyl groups is 1. The first-order valence-electron chi connectivity index (χ1n) is 8.67. The Morgan fingerprint density at radius 3 is 2.62 bits per heavy atom. The summed E-state index contributed by atoms with van der Waals surface area (Å²) in [5.74, 6) is 1.15. The van der Waals surface area contributed by atoms with E-state index in [4.69, 9.17) is 10.2 Å². The lowest BCUT2D eigenvalue weighted by atomic mass is 10.1. The molecule has 5 heteroatoms. The van der Waals surface area contributed by atoms with E-state index in [2.05, 4.69) is 29.7 Å². The van der Waals surface area contributed by atoms with Crippen molar-refractivity contribution >= 4 is 17.0 Å². The number of benzene rings is 2. The molecule has 0 aliphatic carbocycles. The number of anilines is 1. The topological polar surface area (TPSA) is 68.2 Å². The van der Waals surface area contributed by atoms with Crippen LogP contribution in [0.4, 0.5) is 5.95 Å². The number of aliphatic hydroxyl groups excluding tert-OH is 1. The minimum atomic E-state index is -0.755. The molecule has 2 aromatic carbocycles. The molecule has 0 saturated carbocycles. The fourth-order valence-electron chi connectivity index (χ4n) is 3.37. The lowest BCUT2D eigenvalue weighted by Gasteiger charge is -2.08. The fourth-order valence-corrected chi connectivity index (χ4v) is 3.37. The van der Waals surface area contributed by atoms with E-state index in [0.717, 1.165) is 11.0 Å². The van der Waals surface area contributed by atoms with Crippen LogP contribution in [-0.4, -0.2) is 9.67 Å². The molecule has 0 saturated heterocycles. The molecular formula is C21H22N3O2+. The van der Waals surface area contributed by atoms with Gasteiger partial charge in [-0.1, -0.05) is 36.4 Å². The summed E-state index contributed by atoms with van der Waals surface area (Å²) in [5.41, 5.74) is 11.0. The van der Waals surface area contributed by atoms with Gasteiger partial charge < -0.3 is 9.52 Å². The number of para-hydroxylation sites is 2. The largest absolute Gasteiger partial charge is 0.466 e. The Kier molecular flexibility index (Phi) is 4.22. The van der Waals surface area contributed by atoms with E-state index in [-0.39, 0.29) is 0 Å². The number of aromatic nitrogens is 2. The third kappa shape index (κ3) is 2.86. The summed E-state index contributed by atoms with van der Waals surface area (Å²) in [7, 11) is 0. The van der Waals surface area contributed by atoms with Gasteiger partial charge in [0.1, 0.15) is 29.4 Å². The van der Waals surface area contributed by atoms with Crippen LogP contribution in [0, 0.1) is 6.92 Å². The monoisotopic (exact) mass is 348 g/mol. The number of nitrogens with zero attached hydrogens (tertiary/aromatic N) is 2. The highest BCUT2D eigenvalue weighted by molar-refractivity contribution is 5.74. The number of rotatable bonds is 5. The summed E-state index contributed by atoms with van der Waals surface area (Å²) >= 11 is 0. The zero-order valence-corrected chi connectivity index (χ0v) is 14.7. The Morgan fingerprint density at radius 2 is 1.85 bits per heavy atom. The van der Waals surface area contributed by atoms with E-state index >= 15 is 0 Å². The Morgan fingerprint density at radius 1 is 1.08 bits per heavy atom. The van der Waals surface area contributed by atoms with Crippen LogP contribution >= 0.6 is 0 Å². The van der Waals surface area contributed by atoms with Gasteiger partial charge >= 0.3 is 5.95 Å². The maximum atomic E-state index is 10.5. The van der Waals surface area contributed by atoms with Crippen molar-refractivity contribution in [1.29, 1.82) is 0 Å². The van der Waals surface area contributed by atoms with Gasteiger partial charge in [-0.2, -0.15) is 0 Å². The number of nitrogens with two attached hydrogens (primary N) is 1. The summed E-state index contributed by atoms with van der Waals surface area (Å²) in [6, 6.07) is 19.9. The third-order valence-corrected chi connectivity index (χ3v) is 4.83. The van der Waals surface area contributed by atoms with Gasteiger partial charge in [-0.15, -0.1) is 0 Å². The van der Waals surface area contributed by atoms with Gasteiger partial charge in [0.2, 0.25) is 0 Å². The summed E-state index contributed by atoms with van der Waals surface area (Å²) in [6.45, 7) is 3.12. The molecule has 0 aliphatic heterocycles. The van der Waals surface area contributed by atoms with Crippen molar-refractivity contribution in [2.75, 3.05) is 5.73 Å². The van der Waals surface area contributed by atoms with Crippen molar-refractivity contribution in [3.63, 3.8) is 0 Å². The van der Waals surface area contributed by atoms with Crippen molar-refractivity contribution in [1.82, 2.24) is 4.57 Å². The fraction of sp³-hybridized carbons (Fsp3) is 0.190. The summed E-state index contributed by atoms with van der Waals surface area (Å²) < 4.78 is 9.36. The number of hydrogen-bond acceptors (Lipinski definition) is 3. The van der Waals surface area contributed by atoms with Gasteiger partial charge in [-0.25, -0.2) is 9.13 Å². The van der Waals surface area contributed by atoms with Crippen molar-refractivity contribution in [3.05, 3.63) is 83.8 Å². The van der Waals surface area contributed by atoms with Gasteiger partial charge in [0, 0.05) is 0 Å². The molecule has 26 heavy (non-hydrogen) atoms. The highest BCUT2D eigenvalue weighted by Gasteiger charge is 2.24. The Labute approximate surface area is 151 Å². The van der Waals surface area contributed by atoms with Crippen molar-refractivity contribution in [2.24, 2.45) is 0 Å². The summed E-state index contributed by atoms with van der Waals surface area (Å²) in [6.07, 6.45) is 0.809. The molecule has 0 spiro atoms. The van der Waals surface area contributed by atoms with Crippen LogP contribution in [0.5, 0.6) is 0 Å². The number of hydrogen-bond donors (Lipinski definition) is 2. The quantitative estimate of drug-likeness (QED) is 0.544. The molecule has 0 aliphatic rings. The van der Waals surface area contributed by atoms with E-state index in [1.807, 2.05) is 34.9 Å². The molecule has 132 valence electrons. The highest BCUT2D eigenvalue weighted by Crippen LogP contribution is 2.22. The van der Waals surface area contributed by atoms with Crippen molar-refractivity contribution in [3.8, 4) is 0 Å². The molecule has 0 bridgehead atoms. The Hall–Kier alpha value is -3.05. The van der Waals surface area contributed by atoms with E-state index in [0.29, 0.717) is 24.8 Å². The summed E-state index contributed by atoms with van der Waals surface area (Å²) in [5, 5.41) is 10.5. The standard InChI is InChI=1S/C21H21N3O2/c1-15-7-2-3-8-16(15)13-23-17-9-4-5-10-18(17)24(21(23)22)14-19(25)20-11-6-12-26-20/h2-12,19,22,25H,13-14H2,1H3/p+1. The maximum Gasteiger partial charge on any atom is 0.356 e. The van der Waals surface area contributed by atoms with Crippen LogP contribution in [0.25, 0.3) is 11.0 Å². The third-order valence-electron chi connectivity index (χ3n) is 4.83. The minimum Gasteiger partial charge on any atom is -0.466 e. The number of nitrogen functional groups attached to an aromatic ring is 1. The molecule has 5 nitrogen and oxygen atoms in total. The van der Waals surface area contributed by atoms with Crippen LogP contribution < -0.4 is 10.3 Å². The van der Waals surface area contributed by atoms with Crippen LogP contribution in [-0.2, 0) is 13.1 Å². The lowest BCUT2D eigenvalue weighted by molar-refractivity contribution is -0.648. The number of imidazole rings is 1. The molecular weight excluding hydrogens is 326 g/mol.